The summed E-state index contributed by atoms with van der Waals surface area (Å²) in [6.07, 6.45) is 6.12. The second-order valence-electron chi connectivity index (χ2n) is 7.02. The van der Waals surface area contributed by atoms with Crippen molar-refractivity contribution in [3.8, 4) is 23.1 Å². The maximum absolute atomic E-state index is 10.9. The van der Waals surface area contributed by atoms with Gasteiger partial charge >= 0.3 is 0 Å². The third kappa shape index (κ3) is 3.49. The van der Waals surface area contributed by atoms with Gasteiger partial charge < -0.3 is 19.3 Å². The maximum Gasteiger partial charge on any atom is 0.230 e. The van der Waals surface area contributed by atoms with Crippen LogP contribution in [0.4, 0.5) is 0 Å². The zero-order valence-electron chi connectivity index (χ0n) is 16.9. The lowest BCUT2D eigenvalue weighted by Crippen LogP contribution is -2.30. The molecule has 1 aliphatic heterocycles. The summed E-state index contributed by atoms with van der Waals surface area (Å²) in [6, 6.07) is 3.68. The lowest BCUT2D eigenvalue weighted by molar-refractivity contribution is 0.226. The first-order valence-electron chi connectivity index (χ1n) is 9.73. The summed E-state index contributed by atoms with van der Waals surface area (Å²) < 4.78 is 18.3. The number of methoxy groups -OCH3 is 3. The van der Waals surface area contributed by atoms with Crippen molar-refractivity contribution >= 4 is 16.3 Å². The van der Waals surface area contributed by atoms with Crippen LogP contribution in [0.5, 0.6) is 23.1 Å². The average molecular weight is 419 g/mol. The Balaban J connectivity index is 1.91. The zero-order valence-corrected chi connectivity index (χ0v) is 17.7. The van der Waals surface area contributed by atoms with Gasteiger partial charge in [0.05, 0.1) is 32.2 Å². The van der Waals surface area contributed by atoms with Crippen LogP contribution in [0.2, 0.25) is 0 Å². The van der Waals surface area contributed by atoms with Crippen LogP contribution in [-0.4, -0.2) is 59.0 Å². The third-order valence-electron chi connectivity index (χ3n) is 5.42. The molecule has 0 amide bonds. The van der Waals surface area contributed by atoms with Gasteiger partial charge in [-0.1, -0.05) is 24.2 Å². The maximum atomic E-state index is 10.9. The lowest BCUT2D eigenvalue weighted by Gasteiger charge is -2.31. The summed E-state index contributed by atoms with van der Waals surface area (Å²) in [5, 5.41) is 15.1. The Morgan fingerprint density at radius 1 is 1.00 bits per heavy atom. The Hall–Kier alpha value is -2.52. The summed E-state index contributed by atoms with van der Waals surface area (Å²) in [5.74, 6) is 1.88. The minimum absolute atomic E-state index is 0.119. The van der Waals surface area contributed by atoms with Crippen molar-refractivity contribution in [2.45, 2.75) is 31.7 Å². The lowest BCUT2D eigenvalue weighted by atomic mass is 10.0. The van der Waals surface area contributed by atoms with Crippen LogP contribution in [0.15, 0.2) is 18.5 Å². The molecule has 1 saturated heterocycles. The number of hydrogen-bond donors (Lipinski definition) is 1. The van der Waals surface area contributed by atoms with Crippen molar-refractivity contribution in [2.24, 2.45) is 0 Å². The molecule has 0 saturated carbocycles. The molecule has 3 aromatic rings. The number of aromatic nitrogens is 3. The second kappa shape index (κ2) is 8.46. The second-order valence-corrected chi connectivity index (χ2v) is 8.03. The van der Waals surface area contributed by atoms with Crippen LogP contribution in [0.3, 0.4) is 0 Å². The fraction of sp³-hybridized carbons (Fsp3) is 0.500. The highest BCUT2D eigenvalue weighted by Crippen LogP contribution is 2.48. The van der Waals surface area contributed by atoms with Gasteiger partial charge in [0.1, 0.15) is 6.33 Å². The Bertz CT molecular complexity index is 978. The molecule has 0 spiro atoms. The molecule has 1 aliphatic rings. The molecule has 1 atom stereocenters. The molecule has 1 N–H and O–H groups in total. The Kier molecular flexibility index (Phi) is 5.77. The molecule has 3 heterocycles. The van der Waals surface area contributed by atoms with Gasteiger partial charge in [0.2, 0.25) is 16.6 Å². The molecule has 8 nitrogen and oxygen atoms in total. The number of hydrogen-bond acceptors (Lipinski definition) is 8. The Morgan fingerprint density at radius 3 is 2.34 bits per heavy atom. The summed E-state index contributed by atoms with van der Waals surface area (Å²) in [7, 11) is 4.84. The van der Waals surface area contributed by atoms with E-state index >= 15 is 0 Å². The van der Waals surface area contributed by atoms with E-state index in [4.69, 9.17) is 14.2 Å². The standard InChI is InChI=1S/C20H26N4O4S/c1-26-14-9-8-13(16(27-2)17(14)28-3)15(23-10-6-4-5-7-11-23)18-19(25)24-20(29-18)21-12-22-24/h8-9,12,15,25H,4-7,10-11H2,1-3H3. The molecule has 0 aliphatic carbocycles. The van der Waals surface area contributed by atoms with Crippen molar-refractivity contribution in [2.75, 3.05) is 34.4 Å². The highest BCUT2D eigenvalue weighted by molar-refractivity contribution is 7.17. The van der Waals surface area contributed by atoms with Crippen LogP contribution >= 0.6 is 11.3 Å². The first-order chi connectivity index (χ1) is 14.2. The van der Waals surface area contributed by atoms with E-state index in [2.05, 4.69) is 15.0 Å². The van der Waals surface area contributed by atoms with Gasteiger partial charge in [-0.3, -0.25) is 4.90 Å². The third-order valence-corrected chi connectivity index (χ3v) is 6.51. The van der Waals surface area contributed by atoms with Crippen molar-refractivity contribution in [3.05, 3.63) is 28.9 Å². The van der Waals surface area contributed by atoms with E-state index in [1.54, 1.807) is 21.3 Å². The summed E-state index contributed by atoms with van der Waals surface area (Å²) in [5.41, 5.74) is 0.923. The highest BCUT2D eigenvalue weighted by Gasteiger charge is 2.33. The predicted molar refractivity (Wildman–Crippen MR) is 111 cm³/mol. The minimum Gasteiger partial charge on any atom is -0.493 e. The van der Waals surface area contributed by atoms with Gasteiger partial charge in [-0.05, 0) is 38.1 Å². The first-order valence-corrected chi connectivity index (χ1v) is 10.6. The predicted octanol–water partition coefficient (Wildman–Crippen LogP) is 3.49. The SMILES string of the molecule is COc1ccc(C(c2sc3ncnn3c2O)N2CCCCCC2)c(OC)c1OC. The fourth-order valence-corrected chi connectivity index (χ4v) is 5.15. The molecule has 1 fully saturated rings. The normalized spacial score (nSPS) is 16.5. The van der Waals surface area contributed by atoms with E-state index in [0.717, 1.165) is 36.4 Å². The number of nitrogens with zero attached hydrogens (tertiary/aromatic N) is 4. The average Bonchev–Trinajstić information content (AvgIpc) is 3.21. The molecular weight excluding hydrogens is 392 g/mol. The number of rotatable bonds is 6. The number of fused-ring (bicyclic) bond motifs is 1. The van der Waals surface area contributed by atoms with E-state index in [9.17, 15) is 5.11 Å². The molecule has 4 rings (SSSR count). The highest BCUT2D eigenvalue weighted by atomic mass is 32.1. The Labute approximate surface area is 173 Å². The topological polar surface area (TPSA) is 81.4 Å². The van der Waals surface area contributed by atoms with Gasteiger partial charge in [-0.2, -0.15) is 9.61 Å². The number of ether oxygens (including phenoxy) is 3. The Morgan fingerprint density at radius 2 is 1.72 bits per heavy atom. The first kappa shape index (κ1) is 19.8. The minimum atomic E-state index is -0.198. The molecule has 9 heteroatoms. The van der Waals surface area contributed by atoms with Gasteiger partial charge in [0, 0.05) is 5.56 Å². The van der Waals surface area contributed by atoms with Gasteiger partial charge in [0.15, 0.2) is 11.5 Å². The van der Waals surface area contributed by atoms with Gasteiger partial charge in [-0.25, -0.2) is 4.98 Å². The molecule has 1 unspecified atom stereocenters. The largest absolute Gasteiger partial charge is 0.493 e. The number of benzene rings is 1. The van der Waals surface area contributed by atoms with E-state index in [0.29, 0.717) is 22.2 Å². The number of likely N-dealkylation sites (tertiary alicyclic amines) is 1. The number of aromatic hydroxyl groups is 1. The summed E-state index contributed by atoms with van der Waals surface area (Å²) >= 11 is 1.45. The van der Waals surface area contributed by atoms with E-state index in [1.807, 2.05) is 12.1 Å². The monoisotopic (exact) mass is 418 g/mol. The smallest absolute Gasteiger partial charge is 0.230 e. The van der Waals surface area contributed by atoms with Crippen LogP contribution in [0, 0.1) is 0 Å². The zero-order chi connectivity index (χ0) is 20.4. The molecule has 2 aromatic heterocycles. The van der Waals surface area contributed by atoms with Crippen molar-refractivity contribution in [1.82, 2.24) is 19.5 Å². The molecule has 0 bridgehead atoms. The fourth-order valence-electron chi connectivity index (χ4n) is 4.07. The quantitative estimate of drug-likeness (QED) is 0.656. The van der Waals surface area contributed by atoms with Crippen LogP contribution in [-0.2, 0) is 0 Å². The van der Waals surface area contributed by atoms with E-state index in [1.165, 1.54) is 35.0 Å². The van der Waals surface area contributed by atoms with Crippen LogP contribution in [0.25, 0.3) is 4.96 Å². The van der Waals surface area contributed by atoms with E-state index in [-0.39, 0.29) is 11.9 Å². The van der Waals surface area contributed by atoms with Gasteiger partial charge in [-0.15, -0.1) is 0 Å². The summed E-state index contributed by atoms with van der Waals surface area (Å²) in [4.78, 5) is 8.13. The molecule has 156 valence electrons. The van der Waals surface area contributed by atoms with E-state index < -0.39 is 0 Å². The molecular formula is C20H26N4O4S. The van der Waals surface area contributed by atoms with Crippen molar-refractivity contribution in [1.29, 1.82) is 0 Å². The van der Waals surface area contributed by atoms with Crippen molar-refractivity contribution in [3.63, 3.8) is 0 Å². The van der Waals surface area contributed by atoms with Crippen LogP contribution in [0.1, 0.15) is 42.2 Å². The summed E-state index contributed by atoms with van der Waals surface area (Å²) in [6.45, 7) is 1.88. The molecule has 0 radical (unpaired) electrons. The number of thiazole rings is 1. The van der Waals surface area contributed by atoms with Gasteiger partial charge in [0.25, 0.3) is 0 Å². The molecule has 1 aromatic carbocycles. The van der Waals surface area contributed by atoms with Crippen LogP contribution < -0.4 is 14.2 Å². The molecule has 29 heavy (non-hydrogen) atoms. The van der Waals surface area contributed by atoms with Crippen molar-refractivity contribution < 1.29 is 19.3 Å².